The Bertz CT molecular complexity index is 562. The molecular formula is C13H15ClN2O. The fourth-order valence-electron chi connectivity index (χ4n) is 2.57. The van der Waals surface area contributed by atoms with Crippen molar-refractivity contribution in [2.45, 2.75) is 12.8 Å². The molecule has 0 saturated carbocycles. The Morgan fingerprint density at radius 1 is 1.24 bits per heavy atom. The molecule has 2 heterocycles. The van der Waals surface area contributed by atoms with Crippen LogP contribution in [0.4, 0.5) is 0 Å². The minimum absolute atomic E-state index is 0.806. The quantitative estimate of drug-likeness (QED) is 0.816. The minimum atomic E-state index is 0.806. The fourth-order valence-corrected chi connectivity index (χ4v) is 2.84. The van der Waals surface area contributed by atoms with Crippen molar-refractivity contribution in [3.05, 3.63) is 28.4 Å². The molecule has 1 aliphatic rings. The molecule has 0 fully saturated rings. The van der Waals surface area contributed by atoms with E-state index in [1.54, 1.807) is 7.11 Å². The van der Waals surface area contributed by atoms with E-state index < -0.39 is 0 Å². The number of aromatic nitrogens is 1. The van der Waals surface area contributed by atoms with E-state index in [2.05, 4.69) is 10.3 Å². The Hall–Kier alpha value is -1.19. The largest absolute Gasteiger partial charge is 0.495 e. The normalized spacial score (nSPS) is 15.6. The van der Waals surface area contributed by atoms with E-state index >= 15 is 0 Å². The van der Waals surface area contributed by atoms with Crippen molar-refractivity contribution in [1.29, 1.82) is 0 Å². The first-order valence-electron chi connectivity index (χ1n) is 5.88. The maximum absolute atomic E-state index is 6.32. The first kappa shape index (κ1) is 10.9. The van der Waals surface area contributed by atoms with Crippen LogP contribution in [0.15, 0.2) is 12.1 Å². The number of ether oxygens (including phenoxy) is 1. The van der Waals surface area contributed by atoms with Gasteiger partial charge >= 0.3 is 0 Å². The highest BCUT2D eigenvalue weighted by molar-refractivity contribution is 6.36. The molecule has 0 radical (unpaired) electrons. The van der Waals surface area contributed by atoms with E-state index in [0.717, 1.165) is 47.6 Å². The van der Waals surface area contributed by atoms with Crippen molar-refractivity contribution in [2.75, 3.05) is 20.2 Å². The number of hydrogen-bond donors (Lipinski definition) is 2. The zero-order valence-corrected chi connectivity index (χ0v) is 10.5. The van der Waals surface area contributed by atoms with Crippen LogP contribution >= 0.6 is 11.6 Å². The maximum atomic E-state index is 6.32. The molecule has 0 atom stereocenters. The molecule has 17 heavy (non-hydrogen) atoms. The molecular weight excluding hydrogens is 236 g/mol. The highest BCUT2D eigenvalue weighted by atomic mass is 35.5. The molecule has 2 aromatic rings. The molecule has 3 rings (SSSR count). The molecule has 0 amide bonds. The molecule has 90 valence electrons. The van der Waals surface area contributed by atoms with E-state index in [4.69, 9.17) is 16.3 Å². The Morgan fingerprint density at radius 3 is 2.88 bits per heavy atom. The molecule has 3 nitrogen and oxygen atoms in total. The van der Waals surface area contributed by atoms with Gasteiger partial charge in [-0.1, -0.05) is 11.6 Å². The summed E-state index contributed by atoms with van der Waals surface area (Å²) < 4.78 is 5.39. The lowest BCUT2D eigenvalue weighted by Gasteiger charge is -2.04. The third-order valence-corrected chi connectivity index (χ3v) is 3.70. The van der Waals surface area contributed by atoms with Gasteiger partial charge in [-0.2, -0.15) is 0 Å². The van der Waals surface area contributed by atoms with Crippen LogP contribution in [0.3, 0.4) is 0 Å². The van der Waals surface area contributed by atoms with Gasteiger partial charge in [0.1, 0.15) is 5.75 Å². The summed E-state index contributed by atoms with van der Waals surface area (Å²) in [5.41, 5.74) is 3.66. The zero-order valence-electron chi connectivity index (χ0n) is 9.77. The maximum Gasteiger partial charge on any atom is 0.143 e. The number of H-pyrrole nitrogens is 1. The van der Waals surface area contributed by atoms with Crippen LogP contribution in [0, 0.1) is 0 Å². The first-order valence-corrected chi connectivity index (χ1v) is 6.25. The number of aromatic amines is 1. The highest BCUT2D eigenvalue weighted by Gasteiger charge is 2.18. The van der Waals surface area contributed by atoms with Gasteiger partial charge in [-0.3, -0.25) is 0 Å². The number of rotatable bonds is 1. The first-order chi connectivity index (χ1) is 8.31. The summed E-state index contributed by atoms with van der Waals surface area (Å²) in [6, 6.07) is 3.83. The predicted octanol–water partition coefficient (Wildman–Crippen LogP) is 2.52. The fraction of sp³-hybridized carbons (Fsp3) is 0.385. The second kappa shape index (κ2) is 4.24. The minimum Gasteiger partial charge on any atom is -0.495 e. The number of benzene rings is 1. The third-order valence-electron chi connectivity index (χ3n) is 3.38. The summed E-state index contributed by atoms with van der Waals surface area (Å²) in [5.74, 6) is 0.866. The molecule has 1 aliphatic heterocycles. The van der Waals surface area contributed by atoms with Crippen molar-refractivity contribution < 1.29 is 4.74 Å². The molecule has 0 spiro atoms. The molecule has 0 aliphatic carbocycles. The predicted molar refractivity (Wildman–Crippen MR) is 70.1 cm³/mol. The number of fused-ring (bicyclic) bond motifs is 3. The van der Waals surface area contributed by atoms with Gasteiger partial charge in [0.2, 0.25) is 0 Å². The smallest absolute Gasteiger partial charge is 0.143 e. The van der Waals surface area contributed by atoms with Crippen molar-refractivity contribution in [2.24, 2.45) is 0 Å². The summed E-state index contributed by atoms with van der Waals surface area (Å²) >= 11 is 6.32. The second-order valence-electron chi connectivity index (χ2n) is 4.33. The van der Waals surface area contributed by atoms with Gasteiger partial charge in [0.05, 0.1) is 17.6 Å². The summed E-state index contributed by atoms with van der Waals surface area (Å²) in [4.78, 5) is 3.47. The molecule has 2 N–H and O–H groups in total. The van der Waals surface area contributed by atoms with Gasteiger partial charge in [0.15, 0.2) is 0 Å². The molecule has 0 bridgehead atoms. The number of methoxy groups -OCH3 is 1. The Kier molecular flexibility index (Phi) is 2.73. The van der Waals surface area contributed by atoms with E-state index in [9.17, 15) is 0 Å². The Labute approximate surface area is 105 Å². The Balaban J connectivity index is 2.30. The SMILES string of the molecule is COc1ccc(Cl)c2c3c([nH]c12)CCNCC3. The average Bonchev–Trinajstić information content (AvgIpc) is 2.55. The lowest BCUT2D eigenvalue weighted by atomic mass is 10.1. The van der Waals surface area contributed by atoms with Crippen molar-refractivity contribution in [1.82, 2.24) is 10.3 Å². The van der Waals surface area contributed by atoms with E-state index in [-0.39, 0.29) is 0 Å². The van der Waals surface area contributed by atoms with Gasteiger partial charge in [-0.05, 0) is 30.7 Å². The van der Waals surface area contributed by atoms with Crippen LogP contribution in [-0.4, -0.2) is 25.2 Å². The van der Waals surface area contributed by atoms with Gasteiger partial charge in [-0.25, -0.2) is 0 Å². The van der Waals surface area contributed by atoms with Crippen LogP contribution in [0.2, 0.25) is 5.02 Å². The number of nitrogens with one attached hydrogen (secondary N) is 2. The standard InChI is InChI=1S/C13H15ClN2O/c1-17-11-3-2-9(14)12-8-4-6-15-7-5-10(8)16-13(11)12/h2-3,15-16H,4-7H2,1H3. The molecule has 0 unspecified atom stereocenters. The van der Waals surface area contributed by atoms with Crippen LogP contribution in [-0.2, 0) is 12.8 Å². The molecule has 4 heteroatoms. The van der Waals surface area contributed by atoms with Crippen molar-refractivity contribution in [3.8, 4) is 5.75 Å². The van der Waals surface area contributed by atoms with E-state index in [0.29, 0.717) is 0 Å². The average molecular weight is 251 g/mol. The van der Waals surface area contributed by atoms with Crippen LogP contribution < -0.4 is 10.1 Å². The monoisotopic (exact) mass is 250 g/mol. The summed E-state index contributed by atoms with van der Waals surface area (Å²) in [5, 5.41) is 5.33. The lowest BCUT2D eigenvalue weighted by Crippen LogP contribution is -2.16. The molecule has 0 saturated heterocycles. The van der Waals surface area contributed by atoms with Crippen LogP contribution in [0.25, 0.3) is 10.9 Å². The number of halogens is 1. The van der Waals surface area contributed by atoms with E-state index in [1.165, 1.54) is 11.3 Å². The lowest BCUT2D eigenvalue weighted by molar-refractivity contribution is 0.419. The van der Waals surface area contributed by atoms with Gasteiger partial charge in [0.25, 0.3) is 0 Å². The molecule has 1 aromatic heterocycles. The van der Waals surface area contributed by atoms with Gasteiger partial charge < -0.3 is 15.0 Å². The van der Waals surface area contributed by atoms with Crippen LogP contribution in [0.1, 0.15) is 11.3 Å². The summed E-state index contributed by atoms with van der Waals surface area (Å²) in [6.07, 6.45) is 2.03. The zero-order chi connectivity index (χ0) is 11.8. The van der Waals surface area contributed by atoms with Gasteiger partial charge in [0, 0.05) is 24.0 Å². The number of hydrogen-bond acceptors (Lipinski definition) is 2. The van der Waals surface area contributed by atoms with Crippen LogP contribution in [0.5, 0.6) is 5.75 Å². The van der Waals surface area contributed by atoms with Gasteiger partial charge in [-0.15, -0.1) is 0 Å². The van der Waals surface area contributed by atoms with E-state index in [1.807, 2.05) is 12.1 Å². The van der Waals surface area contributed by atoms with Crippen molar-refractivity contribution in [3.63, 3.8) is 0 Å². The highest BCUT2D eigenvalue weighted by Crippen LogP contribution is 2.36. The second-order valence-corrected chi connectivity index (χ2v) is 4.74. The topological polar surface area (TPSA) is 37.0 Å². The third kappa shape index (κ3) is 1.70. The Morgan fingerprint density at radius 2 is 2.06 bits per heavy atom. The summed E-state index contributed by atoms with van der Waals surface area (Å²) in [7, 11) is 1.69. The summed E-state index contributed by atoms with van der Waals surface area (Å²) in [6.45, 7) is 2.02. The molecule has 1 aromatic carbocycles. The van der Waals surface area contributed by atoms with Crippen molar-refractivity contribution >= 4 is 22.5 Å².